The van der Waals surface area contributed by atoms with Crippen LogP contribution in [0.5, 0.6) is 17.2 Å². The van der Waals surface area contributed by atoms with Crippen LogP contribution in [0.15, 0.2) is 42.5 Å². The Morgan fingerprint density at radius 2 is 1.48 bits per heavy atom. The van der Waals surface area contributed by atoms with Crippen LogP contribution in [0, 0.1) is 0 Å². The van der Waals surface area contributed by atoms with Crippen molar-refractivity contribution in [2.45, 2.75) is 12.8 Å². The molecule has 0 aromatic heterocycles. The molecule has 0 saturated carbocycles. The van der Waals surface area contributed by atoms with Crippen LogP contribution >= 0.6 is 0 Å². The summed E-state index contributed by atoms with van der Waals surface area (Å²) >= 11 is 0. The molecule has 0 radical (unpaired) electrons. The summed E-state index contributed by atoms with van der Waals surface area (Å²) in [7, 11) is 0. The third-order valence-corrected chi connectivity index (χ3v) is 3.99. The molecule has 4 N–H and O–H groups in total. The fourth-order valence-electron chi connectivity index (χ4n) is 2.66. The van der Waals surface area contributed by atoms with Gasteiger partial charge in [-0.1, -0.05) is 0 Å². The Bertz CT molecular complexity index is 637. The van der Waals surface area contributed by atoms with Crippen LogP contribution in [-0.2, 0) is 0 Å². The highest BCUT2D eigenvalue weighted by Gasteiger charge is 2.10. The maximum atomic E-state index is 5.78. The van der Waals surface area contributed by atoms with Crippen LogP contribution in [0.25, 0.3) is 0 Å². The summed E-state index contributed by atoms with van der Waals surface area (Å²) in [5.41, 5.74) is 12.5. The van der Waals surface area contributed by atoms with Crippen molar-refractivity contribution in [3.8, 4) is 17.2 Å². The Balaban J connectivity index is 1.50. The first-order valence-corrected chi connectivity index (χ1v) is 7.99. The minimum Gasteiger partial charge on any atom is -0.492 e. The number of nitrogen functional groups attached to an aromatic ring is 2. The third kappa shape index (κ3) is 4.29. The first-order valence-electron chi connectivity index (χ1n) is 7.99. The molecule has 0 unspecified atom stereocenters. The summed E-state index contributed by atoms with van der Waals surface area (Å²) < 4.78 is 11.5. The zero-order valence-corrected chi connectivity index (χ0v) is 13.2. The Labute approximate surface area is 136 Å². The van der Waals surface area contributed by atoms with Crippen molar-refractivity contribution in [3.05, 3.63) is 42.5 Å². The molecule has 2 aromatic rings. The number of nitrogens with two attached hydrogens (primary N) is 2. The maximum absolute atomic E-state index is 5.78. The van der Waals surface area contributed by atoms with Gasteiger partial charge < -0.3 is 20.9 Å². The van der Waals surface area contributed by atoms with Crippen LogP contribution in [0.3, 0.4) is 0 Å². The molecule has 0 spiro atoms. The summed E-state index contributed by atoms with van der Waals surface area (Å²) in [4.78, 5) is 2.43. The number of ether oxygens (including phenoxy) is 2. The van der Waals surface area contributed by atoms with Crippen molar-refractivity contribution in [2.24, 2.45) is 0 Å². The molecule has 3 rings (SSSR count). The number of hydrogen-bond acceptors (Lipinski definition) is 5. The number of anilines is 2. The molecule has 122 valence electrons. The third-order valence-electron chi connectivity index (χ3n) is 3.99. The molecule has 0 amide bonds. The van der Waals surface area contributed by atoms with E-state index in [0.29, 0.717) is 23.7 Å². The highest BCUT2D eigenvalue weighted by atomic mass is 16.5. The lowest BCUT2D eigenvalue weighted by molar-refractivity contribution is 0.237. The fraction of sp³-hybridized carbons (Fsp3) is 0.333. The van der Waals surface area contributed by atoms with Crippen LogP contribution in [0.2, 0.25) is 0 Å². The second kappa shape index (κ2) is 7.24. The minimum atomic E-state index is 0.518. The molecule has 1 heterocycles. The van der Waals surface area contributed by atoms with E-state index in [2.05, 4.69) is 4.90 Å². The van der Waals surface area contributed by atoms with E-state index in [1.807, 2.05) is 24.3 Å². The van der Waals surface area contributed by atoms with E-state index in [4.69, 9.17) is 20.9 Å². The zero-order valence-electron chi connectivity index (χ0n) is 13.2. The molecule has 1 aliphatic rings. The molecule has 5 heteroatoms. The van der Waals surface area contributed by atoms with Gasteiger partial charge in [0.15, 0.2) is 0 Å². The van der Waals surface area contributed by atoms with Crippen LogP contribution in [0.1, 0.15) is 12.8 Å². The van der Waals surface area contributed by atoms with E-state index < -0.39 is 0 Å². The monoisotopic (exact) mass is 313 g/mol. The predicted molar refractivity (Wildman–Crippen MR) is 93.0 cm³/mol. The summed E-state index contributed by atoms with van der Waals surface area (Å²) in [6.07, 6.45) is 2.61. The van der Waals surface area contributed by atoms with E-state index >= 15 is 0 Å². The number of likely N-dealkylation sites (tertiary alicyclic amines) is 1. The summed E-state index contributed by atoms with van der Waals surface area (Å²) in [5.74, 6) is 2.26. The van der Waals surface area contributed by atoms with Crippen molar-refractivity contribution in [3.63, 3.8) is 0 Å². The molecule has 0 bridgehead atoms. The SMILES string of the molecule is Nc1ccc(Oc2ccc(OCCN3CCCC3)cc2)cc1N. The number of nitrogens with zero attached hydrogens (tertiary/aromatic N) is 1. The molecule has 1 saturated heterocycles. The van der Waals surface area contributed by atoms with Crippen LogP contribution in [0.4, 0.5) is 11.4 Å². The summed E-state index contributed by atoms with van der Waals surface area (Å²) in [6.45, 7) is 4.10. The van der Waals surface area contributed by atoms with Gasteiger partial charge in [-0.2, -0.15) is 0 Å². The van der Waals surface area contributed by atoms with Crippen molar-refractivity contribution in [1.82, 2.24) is 4.90 Å². The minimum absolute atomic E-state index is 0.518. The fourth-order valence-corrected chi connectivity index (χ4v) is 2.66. The van der Waals surface area contributed by atoms with E-state index in [1.54, 1.807) is 18.2 Å². The molecule has 5 nitrogen and oxygen atoms in total. The molecule has 0 aliphatic carbocycles. The lowest BCUT2D eigenvalue weighted by Crippen LogP contribution is -2.25. The average molecular weight is 313 g/mol. The van der Waals surface area contributed by atoms with Crippen molar-refractivity contribution >= 4 is 11.4 Å². The smallest absolute Gasteiger partial charge is 0.129 e. The maximum Gasteiger partial charge on any atom is 0.129 e. The predicted octanol–water partition coefficient (Wildman–Crippen LogP) is 3.12. The Morgan fingerprint density at radius 3 is 2.17 bits per heavy atom. The normalized spacial score (nSPS) is 14.8. The molecule has 1 fully saturated rings. The molecule has 0 atom stereocenters. The molecule has 23 heavy (non-hydrogen) atoms. The average Bonchev–Trinajstić information content (AvgIpc) is 3.06. The Morgan fingerprint density at radius 1 is 0.826 bits per heavy atom. The Hall–Kier alpha value is -2.40. The largest absolute Gasteiger partial charge is 0.492 e. The van der Waals surface area contributed by atoms with Gasteiger partial charge in [0.1, 0.15) is 23.9 Å². The van der Waals surface area contributed by atoms with Gasteiger partial charge >= 0.3 is 0 Å². The van der Waals surface area contributed by atoms with Gasteiger partial charge in [-0.15, -0.1) is 0 Å². The lowest BCUT2D eigenvalue weighted by atomic mass is 10.2. The van der Waals surface area contributed by atoms with E-state index in [0.717, 1.165) is 18.0 Å². The van der Waals surface area contributed by atoms with E-state index in [9.17, 15) is 0 Å². The summed E-state index contributed by atoms with van der Waals surface area (Å²) in [5, 5.41) is 0. The zero-order chi connectivity index (χ0) is 16.1. The van der Waals surface area contributed by atoms with Crippen LogP contribution < -0.4 is 20.9 Å². The van der Waals surface area contributed by atoms with Gasteiger partial charge in [0.05, 0.1) is 11.4 Å². The highest BCUT2D eigenvalue weighted by molar-refractivity contribution is 5.65. The molecular weight excluding hydrogens is 290 g/mol. The molecule has 2 aromatic carbocycles. The first kappa shape index (κ1) is 15.5. The highest BCUT2D eigenvalue weighted by Crippen LogP contribution is 2.27. The van der Waals surface area contributed by atoms with Gasteiger partial charge in [-0.05, 0) is 62.3 Å². The topological polar surface area (TPSA) is 73.7 Å². The van der Waals surface area contributed by atoms with Gasteiger partial charge in [0, 0.05) is 12.6 Å². The van der Waals surface area contributed by atoms with Crippen molar-refractivity contribution in [2.75, 3.05) is 37.7 Å². The van der Waals surface area contributed by atoms with Gasteiger partial charge in [-0.3, -0.25) is 4.90 Å². The molecule has 1 aliphatic heterocycles. The number of hydrogen-bond donors (Lipinski definition) is 2. The first-order chi connectivity index (χ1) is 11.2. The van der Waals surface area contributed by atoms with Crippen molar-refractivity contribution in [1.29, 1.82) is 0 Å². The Kier molecular flexibility index (Phi) is 4.88. The number of benzene rings is 2. The molecular formula is C18H23N3O2. The van der Waals surface area contributed by atoms with Gasteiger partial charge in [0.2, 0.25) is 0 Å². The second-order valence-corrected chi connectivity index (χ2v) is 5.76. The quantitative estimate of drug-likeness (QED) is 0.802. The van der Waals surface area contributed by atoms with E-state index in [1.165, 1.54) is 25.9 Å². The van der Waals surface area contributed by atoms with Crippen molar-refractivity contribution < 1.29 is 9.47 Å². The lowest BCUT2D eigenvalue weighted by Gasteiger charge is -2.15. The standard InChI is InChI=1S/C18H23N3O2/c19-17-8-7-16(13-18(17)20)23-15-5-3-14(4-6-15)22-12-11-21-9-1-2-10-21/h3-8,13H,1-2,9-12,19-20H2. The summed E-state index contributed by atoms with van der Waals surface area (Å²) in [6, 6.07) is 12.9. The van der Waals surface area contributed by atoms with Crippen LogP contribution in [-0.4, -0.2) is 31.1 Å². The number of rotatable bonds is 6. The second-order valence-electron chi connectivity index (χ2n) is 5.76. The van der Waals surface area contributed by atoms with Gasteiger partial charge in [0.25, 0.3) is 0 Å². The van der Waals surface area contributed by atoms with E-state index in [-0.39, 0.29) is 0 Å². The van der Waals surface area contributed by atoms with Gasteiger partial charge in [-0.25, -0.2) is 0 Å².